The standard InChI is InChI=1S/C12H11NO2S/c1-16(14,15)12-9-11(7-8-13-12)10-5-3-2-4-6-10/h2-9H,1H3. The van der Waals surface area contributed by atoms with Crippen LogP contribution in [0.1, 0.15) is 0 Å². The first-order chi connectivity index (χ1) is 7.57. The molecule has 0 aliphatic rings. The first-order valence-electron chi connectivity index (χ1n) is 4.79. The van der Waals surface area contributed by atoms with Crippen molar-refractivity contribution in [1.82, 2.24) is 4.98 Å². The second-order valence-corrected chi connectivity index (χ2v) is 5.48. The lowest BCUT2D eigenvalue weighted by molar-refractivity contribution is 0.598. The van der Waals surface area contributed by atoms with Crippen molar-refractivity contribution < 1.29 is 8.42 Å². The van der Waals surface area contributed by atoms with Gasteiger partial charge >= 0.3 is 0 Å². The van der Waals surface area contributed by atoms with E-state index >= 15 is 0 Å². The van der Waals surface area contributed by atoms with Gasteiger partial charge in [0.1, 0.15) is 0 Å². The molecule has 0 atom stereocenters. The monoisotopic (exact) mass is 233 g/mol. The zero-order valence-corrected chi connectivity index (χ0v) is 9.61. The molecule has 0 unspecified atom stereocenters. The number of nitrogens with zero attached hydrogens (tertiary/aromatic N) is 1. The molecule has 1 aromatic heterocycles. The Kier molecular flexibility index (Phi) is 2.75. The van der Waals surface area contributed by atoms with E-state index in [0.717, 1.165) is 17.4 Å². The maximum Gasteiger partial charge on any atom is 0.192 e. The smallest absolute Gasteiger partial charge is 0.192 e. The van der Waals surface area contributed by atoms with E-state index in [9.17, 15) is 8.42 Å². The lowest BCUT2D eigenvalue weighted by Crippen LogP contribution is -2.00. The van der Waals surface area contributed by atoms with Gasteiger partial charge in [0.15, 0.2) is 14.9 Å². The molecule has 2 rings (SSSR count). The van der Waals surface area contributed by atoms with Crippen LogP contribution in [0.2, 0.25) is 0 Å². The van der Waals surface area contributed by atoms with Crippen LogP contribution in [0.5, 0.6) is 0 Å². The largest absolute Gasteiger partial charge is 0.245 e. The first-order valence-corrected chi connectivity index (χ1v) is 6.68. The fourth-order valence-electron chi connectivity index (χ4n) is 1.42. The lowest BCUT2D eigenvalue weighted by atomic mass is 10.1. The van der Waals surface area contributed by atoms with Crippen molar-refractivity contribution in [1.29, 1.82) is 0 Å². The van der Waals surface area contributed by atoms with Gasteiger partial charge in [-0.2, -0.15) is 0 Å². The number of aromatic nitrogens is 1. The van der Waals surface area contributed by atoms with Gasteiger partial charge in [-0.05, 0) is 23.3 Å². The molecule has 0 fully saturated rings. The highest BCUT2D eigenvalue weighted by molar-refractivity contribution is 7.90. The van der Waals surface area contributed by atoms with Crippen molar-refractivity contribution in [3.8, 4) is 11.1 Å². The molecule has 82 valence electrons. The molecule has 3 nitrogen and oxygen atoms in total. The average molecular weight is 233 g/mol. The summed E-state index contributed by atoms with van der Waals surface area (Å²) in [5, 5.41) is 0.105. The number of sulfone groups is 1. The Morgan fingerprint density at radius 2 is 1.69 bits per heavy atom. The predicted molar refractivity (Wildman–Crippen MR) is 62.8 cm³/mol. The molecule has 4 heteroatoms. The van der Waals surface area contributed by atoms with Crippen LogP contribution < -0.4 is 0 Å². The summed E-state index contributed by atoms with van der Waals surface area (Å²) in [7, 11) is -3.24. The third-order valence-corrected chi connectivity index (χ3v) is 3.20. The molecule has 0 aliphatic carbocycles. The van der Waals surface area contributed by atoms with E-state index in [0.29, 0.717) is 0 Å². The highest BCUT2D eigenvalue weighted by Crippen LogP contribution is 2.20. The van der Waals surface area contributed by atoms with Gasteiger partial charge in [0, 0.05) is 12.5 Å². The molecule has 2 aromatic rings. The van der Waals surface area contributed by atoms with Gasteiger partial charge in [0.25, 0.3) is 0 Å². The van der Waals surface area contributed by atoms with Gasteiger partial charge in [-0.1, -0.05) is 30.3 Å². The van der Waals surface area contributed by atoms with Crippen molar-refractivity contribution in [2.24, 2.45) is 0 Å². The Morgan fingerprint density at radius 1 is 1.00 bits per heavy atom. The third-order valence-electron chi connectivity index (χ3n) is 2.22. The molecule has 1 heterocycles. The number of hydrogen-bond donors (Lipinski definition) is 0. The van der Waals surface area contributed by atoms with Crippen LogP contribution in [0.3, 0.4) is 0 Å². The zero-order chi connectivity index (χ0) is 11.6. The van der Waals surface area contributed by atoms with E-state index < -0.39 is 9.84 Å². The number of hydrogen-bond acceptors (Lipinski definition) is 3. The molecule has 16 heavy (non-hydrogen) atoms. The van der Waals surface area contributed by atoms with Gasteiger partial charge in [-0.25, -0.2) is 13.4 Å². The van der Waals surface area contributed by atoms with Crippen LogP contribution in [0, 0.1) is 0 Å². The number of rotatable bonds is 2. The normalized spacial score (nSPS) is 11.3. The maximum absolute atomic E-state index is 11.4. The molecule has 0 bridgehead atoms. The minimum Gasteiger partial charge on any atom is -0.245 e. The van der Waals surface area contributed by atoms with Crippen LogP contribution in [-0.4, -0.2) is 19.7 Å². The molecule has 0 radical (unpaired) electrons. The van der Waals surface area contributed by atoms with Gasteiger partial charge in [-0.15, -0.1) is 0 Å². The minimum atomic E-state index is -3.24. The van der Waals surface area contributed by atoms with Crippen molar-refractivity contribution >= 4 is 9.84 Å². The topological polar surface area (TPSA) is 47.0 Å². The van der Waals surface area contributed by atoms with Crippen molar-refractivity contribution in [3.05, 3.63) is 48.7 Å². The second-order valence-electron chi connectivity index (χ2n) is 3.52. The van der Waals surface area contributed by atoms with Crippen LogP contribution in [0.4, 0.5) is 0 Å². The number of pyridine rings is 1. The lowest BCUT2D eigenvalue weighted by Gasteiger charge is -2.02. The van der Waals surface area contributed by atoms with E-state index in [-0.39, 0.29) is 5.03 Å². The highest BCUT2D eigenvalue weighted by atomic mass is 32.2. The first kappa shape index (κ1) is 10.8. The van der Waals surface area contributed by atoms with Gasteiger partial charge in [-0.3, -0.25) is 0 Å². The summed E-state index contributed by atoms with van der Waals surface area (Å²) in [6, 6.07) is 13.0. The van der Waals surface area contributed by atoms with Crippen molar-refractivity contribution in [2.45, 2.75) is 5.03 Å². The Balaban J connectivity index is 2.53. The Labute approximate surface area is 94.7 Å². The van der Waals surface area contributed by atoms with Crippen LogP contribution in [0.15, 0.2) is 53.7 Å². The van der Waals surface area contributed by atoms with E-state index in [1.54, 1.807) is 12.1 Å². The summed E-state index contributed by atoms with van der Waals surface area (Å²) >= 11 is 0. The maximum atomic E-state index is 11.4. The van der Waals surface area contributed by atoms with Gasteiger partial charge < -0.3 is 0 Å². The van der Waals surface area contributed by atoms with Crippen LogP contribution in [-0.2, 0) is 9.84 Å². The molecular formula is C12H11NO2S. The zero-order valence-electron chi connectivity index (χ0n) is 8.79. The molecule has 0 saturated carbocycles. The molecular weight excluding hydrogens is 222 g/mol. The van der Waals surface area contributed by atoms with E-state index in [1.165, 1.54) is 6.20 Å². The Hall–Kier alpha value is -1.68. The summed E-state index contributed by atoms with van der Waals surface area (Å²) < 4.78 is 22.7. The molecule has 0 spiro atoms. The Morgan fingerprint density at radius 3 is 2.31 bits per heavy atom. The molecule has 0 aliphatic heterocycles. The third kappa shape index (κ3) is 2.28. The molecule has 0 N–H and O–H groups in total. The highest BCUT2D eigenvalue weighted by Gasteiger charge is 2.09. The number of benzene rings is 1. The quantitative estimate of drug-likeness (QED) is 0.798. The summed E-state index contributed by atoms with van der Waals surface area (Å²) in [5.74, 6) is 0. The van der Waals surface area contributed by atoms with E-state index in [1.807, 2.05) is 30.3 Å². The SMILES string of the molecule is CS(=O)(=O)c1cc(-c2ccccc2)ccn1. The van der Waals surface area contributed by atoms with Gasteiger partial charge in [0.2, 0.25) is 0 Å². The fraction of sp³-hybridized carbons (Fsp3) is 0.0833. The molecule has 0 amide bonds. The van der Waals surface area contributed by atoms with Crippen molar-refractivity contribution in [2.75, 3.05) is 6.26 Å². The van der Waals surface area contributed by atoms with E-state index in [4.69, 9.17) is 0 Å². The Bertz CT molecular complexity index is 591. The fourth-order valence-corrected chi connectivity index (χ4v) is 2.02. The summed E-state index contributed by atoms with van der Waals surface area (Å²) in [6.45, 7) is 0. The molecule has 1 aromatic carbocycles. The molecule has 0 saturated heterocycles. The minimum absolute atomic E-state index is 0.105. The van der Waals surface area contributed by atoms with Crippen molar-refractivity contribution in [3.63, 3.8) is 0 Å². The van der Waals surface area contributed by atoms with Crippen LogP contribution in [0.25, 0.3) is 11.1 Å². The summed E-state index contributed by atoms with van der Waals surface area (Å²) in [6.07, 6.45) is 2.67. The van der Waals surface area contributed by atoms with Crippen LogP contribution >= 0.6 is 0 Å². The van der Waals surface area contributed by atoms with E-state index in [2.05, 4.69) is 4.98 Å². The summed E-state index contributed by atoms with van der Waals surface area (Å²) in [5.41, 5.74) is 1.84. The predicted octanol–water partition coefficient (Wildman–Crippen LogP) is 2.15. The van der Waals surface area contributed by atoms with Gasteiger partial charge in [0.05, 0.1) is 0 Å². The second kappa shape index (κ2) is 4.06. The summed E-state index contributed by atoms with van der Waals surface area (Å²) in [4.78, 5) is 3.85. The average Bonchev–Trinajstić information content (AvgIpc) is 2.29.